The molecule has 1 aliphatic heterocycles. The maximum atomic E-state index is 11.5. The van der Waals surface area contributed by atoms with Crippen LogP contribution in [0.1, 0.15) is 98.8 Å². The Bertz CT molecular complexity index is 728. The van der Waals surface area contributed by atoms with Crippen LogP contribution >= 0.6 is 0 Å². The van der Waals surface area contributed by atoms with Gasteiger partial charge in [-0.15, -0.1) is 0 Å². The van der Waals surface area contributed by atoms with E-state index in [4.69, 9.17) is 4.74 Å². The van der Waals surface area contributed by atoms with E-state index in [-0.39, 0.29) is 28.6 Å². The maximum absolute atomic E-state index is 11.5. The summed E-state index contributed by atoms with van der Waals surface area (Å²) in [6, 6.07) is 0. The summed E-state index contributed by atoms with van der Waals surface area (Å²) in [5, 5.41) is 21.8. The molecule has 3 heteroatoms. The predicted molar refractivity (Wildman–Crippen MR) is 120 cm³/mol. The van der Waals surface area contributed by atoms with E-state index in [9.17, 15) is 10.2 Å². The summed E-state index contributed by atoms with van der Waals surface area (Å²) < 4.78 is 6.33. The highest BCUT2D eigenvalue weighted by Gasteiger charge is 2.77. The molecule has 3 nitrogen and oxygen atoms in total. The Morgan fingerprint density at radius 3 is 2.53 bits per heavy atom. The second-order valence-corrected chi connectivity index (χ2v) is 12.6. The minimum atomic E-state index is -0.446. The van der Waals surface area contributed by atoms with Gasteiger partial charge in [-0.1, -0.05) is 59.5 Å². The molecule has 4 aliphatic carbocycles. The lowest BCUT2D eigenvalue weighted by Gasteiger charge is -2.56. The highest BCUT2D eigenvalue weighted by atomic mass is 16.6. The summed E-state index contributed by atoms with van der Waals surface area (Å²) in [6.07, 6.45) is 10.8. The number of rotatable bonds is 5. The van der Waals surface area contributed by atoms with Crippen molar-refractivity contribution in [1.29, 1.82) is 0 Å². The number of aliphatic hydroxyl groups excluding tert-OH is 2. The topological polar surface area (TPSA) is 53.0 Å². The zero-order valence-electron chi connectivity index (χ0n) is 19.9. The molecule has 3 saturated carbocycles. The van der Waals surface area contributed by atoms with Gasteiger partial charge in [-0.3, -0.25) is 0 Å². The number of hydrogen-bond acceptors (Lipinski definition) is 3. The van der Waals surface area contributed by atoms with Gasteiger partial charge >= 0.3 is 0 Å². The van der Waals surface area contributed by atoms with E-state index in [0.29, 0.717) is 5.92 Å². The largest absolute Gasteiger partial charge is 0.393 e. The number of fused-ring (bicyclic) bond motifs is 3. The Morgan fingerprint density at radius 1 is 1.03 bits per heavy atom. The fraction of sp³-hybridized carbons (Fsp3) is 0.926. The summed E-state index contributed by atoms with van der Waals surface area (Å²) >= 11 is 0. The molecule has 0 amide bonds. The molecule has 0 aromatic carbocycles. The van der Waals surface area contributed by atoms with E-state index in [2.05, 4.69) is 34.6 Å². The smallest absolute Gasteiger partial charge is 0.118 e. The summed E-state index contributed by atoms with van der Waals surface area (Å²) in [5.41, 5.74) is 3.08. The molecule has 0 aromatic heterocycles. The highest BCUT2D eigenvalue weighted by Crippen LogP contribution is 2.72. The van der Waals surface area contributed by atoms with Crippen LogP contribution in [0, 0.1) is 34.5 Å². The van der Waals surface area contributed by atoms with Gasteiger partial charge in [0.1, 0.15) is 17.8 Å². The van der Waals surface area contributed by atoms with Crippen LogP contribution in [0.25, 0.3) is 0 Å². The lowest BCUT2D eigenvalue weighted by Crippen LogP contribution is -2.57. The van der Waals surface area contributed by atoms with Gasteiger partial charge in [0.15, 0.2) is 0 Å². The van der Waals surface area contributed by atoms with Crippen LogP contribution in [-0.2, 0) is 4.74 Å². The molecule has 170 valence electrons. The standard InChI is InChI=1S/C27H44O3/c1-16(2)7-6-8-17(3)19-9-10-20-22-21(12-13-25(19,20)4)26(5)14-11-18(28)15-27(26)24(30-27)23(22)29/h16-19,21,23-24,28-29H,6-15H2,1-5H3/t17?,18-,19+,21-,23+,24-,25+,26+,27?/m0/s1. The fourth-order valence-electron chi connectivity index (χ4n) is 8.89. The molecular formula is C27H44O3. The normalized spacial score (nSPS) is 50.6. The second kappa shape index (κ2) is 7.06. The zero-order chi connectivity index (χ0) is 21.5. The lowest BCUT2D eigenvalue weighted by atomic mass is 9.48. The van der Waals surface area contributed by atoms with Gasteiger partial charge in [0, 0.05) is 11.8 Å². The van der Waals surface area contributed by atoms with Crippen LogP contribution in [0.2, 0.25) is 0 Å². The molecule has 0 aromatic rings. The molecule has 1 spiro atoms. The molecule has 9 atom stereocenters. The molecule has 1 saturated heterocycles. The molecule has 30 heavy (non-hydrogen) atoms. The third-order valence-electron chi connectivity index (χ3n) is 10.6. The molecular weight excluding hydrogens is 372 g/mol. The number of epoxide rings is 1. The van der Waals surface area contributed by atoms with E-state index in [0.717, 1.165) is 37.0 Å². The summed E-state index contributed by atoms with van der Waals surface area (Å²) in [7, 11) is 0. The molecule has 2 unspecified atom stereocenters. The quantitative estimate of drug-likeness (QED) is 0.451. The molecule has 5 aliphatic rings. The van der Waals surface area contributed by atoms with Gasteiger partial charge < -0.3 is 14.9 Å². The van der Waals surface area contributed by atoms with Crippen molar-refractivity contribution in [2.24, 2.45) is 34.5 Å². The Labute approximate surface area is 183 Å². The van der Waals surface area contributed by atoms with Crippen molar-refractivity contribution in [3.05, 3.63) is 11.1 Å². The van der Waals surface area contributed by atoms with Crippen molar-refractivity contribution in [3.63, 3.8) is 0 Å². The van der Waals surface area contributed by atoms with Crippen molar-refractivity contribution in [2.75, 3.05) is 0 Å². The molecule has 4 fully saturated rings. The minimum absolute atomic E-state index is 0.0823. The van der Waals surface area contributed by atoms with E-state index >= 15 is 0 Å². The van der Waals surface area contributed by atoms with Crippen molar-refractivity contribution < 1.29 is 14.9 Å². The second-order valence-electron chi connectivity index (χ2n) is 12.6. The van der Waals surface area contributed by atoms with E-state index in [1.165, 1.54) is 50.5 Å². The summed E-state index contributed by atoms with van der Waals surface area (Å²) in [5.74, 6) is 2.76. The lowest BCUT2D eigenvalue weighted by molar-refractivity contribution is -0.0516. The Hall–Kier alpha value is -0.380. The van der Waals surface area contributed by atoms with Gasteiger partial charge in [-0.25, -0.2) is 0 Å². The monoisotopic (exact) mass is 416 g/mol. The van der Waals surface area contributed by atoms with Crippen LogP contribution in [0.3, 0.4) is 0 Å². The predicted octanol–water partition coefficient (Wildman–Crippen LogP) is 5.63. The maximum Gasteiger partial charge on any atom is 0.118 e. The van der Waals surface area contributed by atoms with Crippen LogP contribution in [0.15, 0.2) is 11.1 Å². The van der Waals surface area contributed by atoms with Gasteiger partial charge in [-0.2, -0.15) is 0 Å². The first kappa shape index (κ1) is 21.5. The first-order chi connectivity index (χ1) is 14.1. The van der Waals surface area contributed by atoms with Crippen molar-refractivity contribution in [2.45, 2.75) is 123 Å². The number of allylic oxidation sites excluding steroid dienone is 1. The molecule has 0 radical (unpaired) electrons. The third kappa shape index (κ3) is 2.80. The average Bonchev–Trinajstić information content (AvgIpc) is 3.29. The average molecular weight is 417 g/mol. The summed E-state index contributed by atoms with van der Waals surface area (Å²) in [4.78, 5) is 0. The number of aliphatic hydroxyl groups is 2. The third-order valence-corrected chi connectivity index (χ3v) is 10.6. The van der Waals surface area contributed by atoms with E-state index in [1.54, 1.807) is 5.57 Å². The Morgan fingerprint density at radius 2 is 1.80 bits per heavy atom. The van der Waals surface area contributed by atoms with Gasteiger partial charge in [0.25, 0.3) is 0 Å². The Balaban J connectivity index is 1.44. The van der Waals surface area contributed by atoms with Crippen LogP contribution in [0.4, 0.5) is 0 Å². The first-order valence-corrected chi connectivity index (χ1v) is 12.9. The van der Waals surface area contributed by atoms with Crippen molar-refractivity contribution >= 4 is 0 Å². The molecule has 0 bridgehead atoms. The van der Waals surface area contributed by atoms with Crippen LogP contribution in [-0.4, -0.2) is 34.1 Å². The number of ether oxygens (including phenoxy) is 1. The van der Waals surface area contributed by atoms with Gasteiger partial charge in [0.05, 0.1) is 6.10 Å². The van der Waals surface area contributed by atoms with Crippen LogP contribution < -0.4 is 0 Å². The first-order valence-electron chi connectivity index (χ1n) is 12.9. The number of hydrogen-bond donors (Lipinski definition) is 2. The molecule has 2 N–H and O–H groups in total. The zero-order valence-corrected chi connectivity index (χ0v) is 19.9. The van der Waals surface area contributed by atoms with Crippen LogP contribution in [0.5, 0.6) is 0 Å². The van der Waals surface area contributed by atoms with Gasteiger partial charge in [-0.05, 0) is 73.2 Å². The minimum Gasteiger partial charge on any atom is -0.393 e. The van der Waals surface area contributed by atoms with E-state index < -0.39 is 6.10 Å². The molecule has 5 rings (SSSR count). The van der Waals surface area contributed by atoms with Crippen molar-refractivity contribution in [3.8, 4) is 0 Å². The fourth-order valence-corrected chi connectivity index (χ4v) is 8.89. The highest BCUT2D eigenvalue weighted by molar-refractivity contribution is 5.43. The van der Waals surface area contributed by atoms with E-state index in [1.807, 2.05) is 0 Å². The molecule has 1 heterocycles. The van der Waals surface area contributed by atoms with Crippen molar-refractivity contribution in [1.82, 2.24) is 0 Å². The Kier molecular flexibility index (Phi) is 5.05. The summed E-state index contributed by atoms with van der Waals surface area (Å²) in [6.45, 7) is 12.1. The van der Waals surface area contributed by atoms with Gasteiger partial charge in [0.2, 0.25) is 0 Å². The SMILES string of the molecule is CC(C)CCCC(C)[C@H]1CCC2=C3[C@@H](O)[C@@H]4OC45C[C@@H](O)CC[C@]5(C)[C@H]3CC[C@@]21C.